The van der Waals surface area contributed by atoms with Gasteiger partial charge in [0.05, 0.1) is 32.6 Å². The first-order valence-electron chi connectivity index (χ1n) is 8.50. The van der Waals surface area contributed by atoms with Gasteiger partial charge in [-0.1, -0.05) is 29.8 Å². The van der Waals surface area contributed by atoms with Crippen LogP contribution in [0.2, 0.25) is 5.02 Å². The molecule has 4 nitrogen and oxygen atoms in total. The number of benzene rings is 3. The third-order valence-electron chi connectivity index (χ3n) is 4.40. The van der Waals surface area contributed by atoms with Crippen LogP contribution in [0.5, 0.6) is 0 Å². The lowest BCUT2D eigenvalue weighted by atomic mass is 10.1. The van der Waals surface area contributed by atoms with Crippen LogP contribution in [0.3, 0.4) is 0 Å². The zero-order valence-electron chi connectivity index (χ0n) is 14.8. The van der Waals surface area contributed by atoms with Crippen molar-refractivity contribution >= 4 is 32.3 Å². The first kappa shape index (κ1) is 19.1. The smallest absolute Gasteiger partial charge is 0.208 e. The molecule has 7 heteroatoms. The van der Waals surface area contributed by atoms with Gasteiger partial charge in [-0.25, -0.2) is 17.8 Å². The van der Waals surface area contributed by atoms with Gasteiger partial charge in [0.25, 0.3) is 0 Å². The number of hydrogen-bond donors (Lipinski definition) is 0. The topological polar surface area (TPSA) is 70.8 Å². The Labute approximate surface area is 171 Å². The molecule has 0 spiro atoms. The Morgan fingerprint density at radius 2 is 1.76 bits per heavy atom. The van der Waals surface area contributed by atoms with Crippen LogP contribution >= 0.6 is 11.6 Å². The van der Waals surface area contributed by atoms with Gasteiger partial charge in [0, 0.05) is 16.0 Å². The Bertz CT molecular complexity index is 1410. The number of nitrogens with zero attached hydrogens (tertiary/aromatic N) is 2. The number of fused-ring (bicyclic) bond motifs is 1. The fourth-order valence-electron chi connectivity index (χ4n) is 3.04. The molecule has 0 amide bonds. The zero-order chi connectivity index (χ0) is 20.6. The van der Waals surface area contributed by atoms with Crippen LogP contribution in [0.25, 0.3) is 22.2 Å². The summed E-state index contributed by atoms with van der Waals surface area (Å²) in [5.74, 6) is -0.496. The molecule has 0 atom stereocenters. The summed E-state index contributed by atoms with van der Waals surface area (Å²) in [5, 5.41) is 9.90. The van der Waals surface area contributed by atoms with E-state index >= 15 is 0 Å². The molecule has 4 rings (SSSR count). The number of hydrogen-bond acceptors (Lipinski definition) is 4. The molecule has 0 aliphatic carbocycles. The maximum absolute atomic E-state index is 13.7. The van der Waals surface area contributed by atoms with Gasteiger partial charge < -0.3 is 0 Å². The number of sulfone groups is 1. The zero-order valence-corrected chi connectivity index (χ0v) is 16.4. The second-order valence-electron chi connectivity index (χ2n) is 6.33. The van der Waals surface area contributed by atoms with Gasteiger partial charge in [0.15, 0.2) is 0 Å². The van der Waals surface area contributed by atoms with Gasteiger partial charge >= 0.3 is 0 Å². The fourth-order valence-corrected chi connectivity index (χ4v) is 4.72. The Morgan fingerprint density at radius 1 is 0.966 bits per heavy atom. The summed E-state index contributed by atoms with van der Waals surface area (Å²) in [6.45, 7) is 0. The lowest BCUT2D eigenvalue weighted by molar-refractivity contribution is 0.596. The molecule has 0 saturated heterocycles. The van der Waals surface area contributed by atoms with E-state index in [2.05, 4.69) is 4.98 Å². The lowest BCUT2D eigenvalue weighted by Gasteiger charge is -2.13. The molecular formula is C22H12ClFN2O2S. The molecule has 29 heavy (non-hydrogen) atoms. The van der Waals surface area contributed by atoms with Crippen LogP contribution in [0.4, 0.5) is 4.39 Å². The molecule has 0 aliphatic heterocycles. The Kier molecular flexibility index (Phi) is 4.79. The summed E-state index contributed by atoms with van der Waals surface area (Å²) in [4.78, 5) is 4.36. The van der Waals surface area contributed by atoms with Crippen LogP contribution in [-0.2, 0) is 9.84 Å². The Hall–Kier alpha value is -3.27. The predicted molar refractivity (Wildman–Crippen MR) is 109 cm³/mol. The van der Waals surface area contributed by atoms with Crippen molar-refractivity contribution in [3.05, 3.63) is 89.2 Å². The molecule has 0 saturated carbocycles. The van der Waals surface area contributed by atoms with Crippen molar-refractivity contribution in [1.29, 1.82) is 5.26 Å². The van der Waals surface area contributed by atoms with Gasteiger partial charge in [-0.15, -0.1) is 0 Å². The number of rotatable bonds is 3. The minimum Gasteiger partial charge on any atom is -0.246 e. The van der Waals surface area contributed by atoms with Crippen molar-refractivity contribution in [2.75, 3.05) is 0 Å². The molecule has 1 heterocycles. The first-order chi connectivity index (χ1) is 13.9. The minimum atomic E-state index is -4.05. The van der Waals surface area contributed by atoms with Crippen molar-refractivity contribution in [2.45, 2.75) is 9.79 Å². The normalized spacial score (nSPS) is 11.3. The van der Waals surface area contributed by atoms with E-state index in [0.717, 1.165) is 0 Å². The highest BCUT2D eigenvalue weighted by Gasteiger charge is 2.25. The van der Waals surface area contributed by atoms with Gasteiger partial charge in [-0.3, -0.25) is 0 Å². The highest BCUT2D eigenvalue weighted by Crippen LogP contribution is 2.34. The molecule has 0 bridgehead atoms. The van der Waals surface area contributed by atoms with Crippen LogP contribution in [-0.4, -0.2) is 13.4 Å². The molecule has 1 aromatic heterocycles. The molecule has 0 radical (unpaired) electrons. The molecule has 0 N–H and O–H groups in total. The highest BCUT2D eigenvalue weighted by molar-refractivity contribution is 7.91. The Balaban J connectivity index is 2.05. The van der Waals surface area contributed by atoms with Crippen molar-refractivity contribution in [1.82, 2.24) is 4.98 Å². The monoisotopic (exact) mass is 422 g/mol. The summed E-state index contributed by atoms with van der Waals surface area (Å²) in [6.07, 6.45) is 0. The molecule has 0 fully saturated rings. The molecule has 0 unspecified atom stereocenters. The average Bonchev–Trinajstić information content (AvgIpc) is 2.72. The summed E-state index contributed by atoms with van der Waals surface area (Å²) < 4.78 is 40.6. The highest BCUT2D eigenvalue weighted by atomic mass is 35.5. The summed E-state index contributed by atoms with van der Waals surface area (Å²) in [5.41, 5.74) is 1.38. The maximum Gasteiger partial charge on any atom is 0.208 e. The summed E-state index contributed by atoms with van der Waals surface area (Å²) >= 11 is 6.09. The SMILES string of the molecule is N#Cc1cccc(S(=O)(=O)c2cc3cc(F)ccc3nc2-c2cccc(Cl)c2)c1. The van der Waals surface area contributed by atoms with E-state index in [9.17, 15) is 12.8 Å². The van der Waals surface area contributed by atoms with Crippen LogP contribution in [0.1, 0.15) is 5.56 Å². The maximum atomic E-state index is 13.7. The summed E-state index contributed by atoms with van der Waals surface area (Å²) in [7, 11) is -4.05. The van der Waals surface area contributed by atoms with Crippen LogP contribution in [0, 0.1) is 17.1 Å². The Morgan fingerprint density at radius 3 is 2.52 bits per heavy atom. The second kappa shape index (κ2) is 7.28. The van der Waals surface area contributed by atoms with Gasteiger partial charge in [-0.2, -0.15) is 5.26 Å². The van der Waals surface area contributed by atoms with E-state index in [1.165, 1.54) is 48.5 Å². The fraction of sp³-hybridized carbons (Fsp3) is 0. The second-order valence-corrected chi connectivity index (χ2v) is 8.68. The van der Waals surface area contributed by atoms with Gasteiger partial charge in [-0.05, 0) is 54.6 Å². The predicted octanol–water partition coefficient (Wildman–Crippen LogP) is 5.40. The van der Waals surface area contributed by atoms with E-state index in [1.807, 2.05) is 6.07 Å². The average molecular weight is 423 g/mol. The number of pyridine rings is 1. The summed E-state index contributed by atoms with van der Waals surface area (Å²) in [6, 6.07) is 19.7. The van der Waals surface area contributed by atoms with E-state index in [1.54, 1.807) is 24.3 Å². The molecule has 142 valence electrons. The van der Waals surface area contributed by atoms with Gasteiger partial charge in [0.1, 0.15) is 5.82 Å². The van der Waals surface area contributed by atoms with Crippen LogP contribution < -0.4 is 0 Å². The number of halogens is 2. The molecule has 0 aliphatic rings. The van der Waals surface area contributed by atoms with E-state index in [-0.39, 0.29) is 21.0 Å². The molecule has 4 aromatic rings. The van der Waals surface area contributed by atoms with E-state index < -0.39 is 15.7 Å². The van der Waals surface area contributed by atoms with Crippen molar-refractivity contribution in [2.24, 2.45) is 0 Å². The molecule has 3 aromatic carbocycles. The van der Waals surface area contributed by atoms with Crippen molar-refractivity contribution in [3.8, 4) is 17.3 Å². The van der Waals surface area contributed by atoms with Crippen LogP contribution in [0.15, 0.2) is 82.6 Å². The largest absolute Gasteiger partial charge is 0.246 e. The van der Waals surface area contributed by atoms with Gasteiger partial charge in [0.2, 0.25) is 9.84 Å². The third kappa shape index (κ3) is 3.58. The minimum absolute atomic E-state index is 0.0441. The van der Waals surface area contributed by atoms with Crippen molar-refractivity contribution in [3.63, 3.8) is 0 Å². The quantitative estimate of drug-likeness (QED) is 0.443. The molecular weight excluding hydrogens is 411 g/mol. The van der Waals surface area contributed by atoms with E-state index in [0.29, 0.717) is 21.5 Å². The number of aromatic nitrogens is 1. The first-order valence-corrected chi connectivity index (χ1v) is 10.4. The number of nitriles is 1. The standard InChI is InChI=1S/C22H12ClFN2O2S/c23-17-5-2-4-15(10-17)22-21(12-16-11-18(24)7-8-20(16)26-22)29(27,28)19-6-1-3-14(9-19)13-25/h1-12H. The van der Waals surface area contributed by atoms with Crippen molar-refractivity contribution < 1.29 is 12.8 Å². The lowest BCUT2D eigenvalue weighted by Crippen LogP contribution is -2.06. The van der Waals surface area contributed by atoms with E-state index in [4.69, 9.17) is 16.9 Å². The third-order valence-corrected chi connectivity index (χ3v) is 6.40.